The fourth-order valence-electron chi connectivity index (χ4n) is 1.60. The predicted molar refractivity (Wildman–Crippen MR) is 64.8 cm³/mol. The van der Waals surface area contributed by atoms with Gasteiger partial charge in [-0.3, -0.25) is 4.68 Å². The quantitative estimate of drug-likeness (QED) is 0.637. The lowest BCUT2D eigenvalue weighted by molar-refractivity contribution is 0.767. The van der Waals surface area contributed by atoms with Crippen LogP contribution >= 0.6 is 11.8 Å². The van der Waals surface area contributed by atoms with Crippen molar-refractivity contribution < 1.29 is 0 Å². The summed E-state index contributed by atoms with van der Waals surface area (Å²) in [6, 6.07) is 3.83. The van der Waals surface area contributed by atoms with E-state index in [9.17, 15) is 0 Å². The van der Waals surface area contributed by atoms with E-state index >= 15 is 0 Å². The monoisotopic (exact) mass is 246 g/mol. The van der Waals surface area contributed by atoms with Crippen LogP contribution in [0.3, 0.4) is 0 Å². The lowest BCUT2D eigenvalue weighted by Crippen LogP contribution is -1.95. The maximum absolute atomic E-state index is 4.51. The minimum absolute atomic E-state index is 0.752. The SMILES string of the molecule is CSc1nnc2ccc(-c3cnn(C)c3)nn12. The molecule has 0 saturated carbocycles. The zero-order valence-electron chi connectivity index (χ0n) is 9.40. The molecule has 3 aromatic heterocycles. The highest BCUT2D eigenvalue weighted by molar-refractivity contribution is 7.98. The first-order chi connectivity index (χ1) is 8.28. The Bertz CT molecular complexity index is 670. The highest BCUT2D eigenvalue weighted by Gasteiger charge is 2.08. The minimum atomic E-state index is 0.752. The molecule has 6 nitrogen and oxygen atoms in total. The van der Waals surface area contributed by atoms with Crippen LogP contribution in [0.5, 0.6) is 0 Å². The van der Waals surface area contributed by atoms with Gasteiger partial charge in [0.05, 0.1) is 11.9 Å². The minimum Gasteiger partial charge on any atom is -0.275 e. The van der Waals surface area contributed by atoms with E-state index in [4.69, 9.17) is 0 Å². The molecule has 0 amide bonds. The van der Waals surface area contributed by atoms with Crippen LogP contribution in [0.15, 0.2) is 29.7 Å². The first-order valence-electron chi connectivity index (χ1n) is 5.03. The Balaban J connectivity index is 2.18. The van der Waals surface area contributed by atoms with E-state index in [0.717, 1.165) is 22.1 Å². The maximum Gasteiger partial charge on any atom is 0.212 e. The Hall–Kier alpha value is -1.89. The summed E-state index contributed by atoms with van der Waals surface area (Å²) in [6.45, 7) is 0. The lowest BCUT2D eigenvalue weighted by atomic mass is 10.2. The lowest BCUT2D eigenvalue weighted by Gasteiger charge is -1.98. The molecule has 7 heteroatoms. The maximum atomic E-state index is 4.51. The molecule has 3 aromatic rings. The number of nitrogens with zero attached hydrogens (tertiary/aromatic N) is 6. The van der Waals surface area contributed by atoms with E-state index in [1.807, 2.05) is 31.6 Å². The van der Waals surface area contributed by atoms with E-state index in [1.54, 1.807) is 15.4 Å². The molecule has 3 heterocycles. The van der Waals surface area contributed by atoms with Gasteiger partial charge in [-0.25, -0.2) is 0 Å². The second-order valence-corrected chi connectivity index (χ2v) is 4.35. The van der Waals surface area contributed by atoms with Crippen LogP contribution < -0.4 is 0 Å². The summed E-state index contributed by atoms with van der Waals surface area (Å²) in [5, 5.41) is 17.5. The standard InChI is InChI=1S/C10H10N6S/c1-15-6-7(5-11-15)8-3-4-9-12-13-10(17-2)16(9)14-8/h3-6H,1-2H3. The molecule has 0 bridgehead atoms. The molecule has 0 saturated heterocycles. The van der Waals surface area contributed by atoms with Crippen molar-refractivity contribution in [1.29, 1.82) is 0 Å². The molecular formula is C10H10N6S. The summed E-state index contributed by atoms with van der Waals surface area (Å²) < 4.78 is 3.50. The smallest absolute Gasteiger partial charge is 0.212 e. The highest BCUT2D eigenvalue weighted by Crippen LogP contribution is 2.18. The predicted octanol–water partition coefficient (Wildman–Crippen LogP) is 1.25. The summed E-state index contributed by atoms with van der Waals surface area (Å²) in [5.41, 5.74) is 2.60. The summed E-state index contributed by atoms with van der Waals surface area (Å²) in [4.78, 5) is 0. The van der Waals surface area contributed by atoms with Crippen molar-refractivity contribution in [3.8, 4) is 11.3 Å². The molecule has 0 atom stereocenters. The third kappa shape index (κ3) is 1.68. The molecule has 0 radical (unpaired) electrons. The van der Waals surface area contributed by atoms with Crippen LogP contribution in [0.1, 0.15) is 0 Å². The fourth-order valence-corrected chi connectivity index (χ4v) is 2.03. The van der Waals surface area contributed by atoms with Crippen molar-refractivity contribution in [3.63, 3.8) is 0 Å². The average molecular weight is 246 g/mol. The normalized spacial score (nSPS) is 11.2. The summed E-state index contributed by atoms with van der Waals surface area (Å²) in [7, 11) is 1.88. The zero-order valence-corrected chi connectivity index (χ0v) is 10.2. The van der Waals surface area contributed by atoms with Gasteiger partial charge in [0.1, 0.15) is 0 Å². The van der Waals surface area contributed by atoms with E-state index in [1.165, 1.54) is 11.8 Å². The van der Waals surface area contributed by atoms with E-state index in [0.29, 0.717) is 0 Å². The van der Waals surface area contributed by atoms with Gasteiger partial charge in [0.15, 0.2) is 5.65 Å². The zero-order chi connectivity index (χ0) is 11.8. The van der Waals surface area contributed by atoms with Gasteiger partial charge in [0, 0.05) is 18.8 Å². The van der Waals surface area contributed by atoms with E-state index < -0.39 is 0 Å². The van der Waals surface area contributed by atoms with Gasteiger partial charge >= 0.3 is 0 Å². The Morgan fingerprint density at radius 3 is 2.82 bits per heavy atom. The molecule has 0 unspecified atom stereocenters. The molecule has 0 fully saturated rings. The first-order valence-corrected chi connectivity index (χ1v) is 6.26. The Labute approximate surface area is 102 Å². The summed E-state index contributed by atoms with van der Waals surface area (Å²) in [6.07, 6.45) is 5.67. The van der Waals surface area contributed by atoms with Crippen molar-refractivity contribution in [2.24, 2.45) is 7.05 Å². The van der Waals surface area contributed by atoms with Crippen molar-refractivity contribution >= 4 is 17.4 Å². The van der Waals surface area contributed by atoms with Crippen molar-refractivity contribution in [2.45, 2.75) is 5.16 Å². The van der Waals surface area contributed by atoms with Gasteiger partial charge in [0.2, 0.25) is 5.16 Å². The number of aryl methyl sites for hydroxylation is 1. The van der Waals surface area contributed by atoms with Gasteiger partial charge in [-0.15, -0.1) is 10.2 Å². The molecular weight excluding hydrogens is 236 g/mol. The Morgan fingerprint density at radius 1 is 1.24 bits per heavy atom. The van der Waals surface area contributed by atoms with Crippen LogP contribution in [-0.4, -0.2) is 35.8 Å². The molecule has 0 aliphatic rings. The second kappa shape index (κ2) is 3.85. The summed E-state index contributed by atoms with van der Waals surface area (Å²) >= 11 is 1.52. The molecule has 0 spiro atoms. The third-order valence-corrected chi connectivity index (χ3v) is 3.04. The van der Waals surface area contributed by atoms with Gasteiger partial charge in [0.25, 0.3) is 0 Å². The average Bonchev–Trinajstić information content (AvgIpc) is 2.94. The summed E-state index contributed by atoms with van der Waals surface area (Å²) in [5.74, 6) is 0. The first kappa shape index (κ1) is 10.3. The van der Waals surface area contributed by atoms with Crippen molar-refractivity contribution in [1.82, 2.24) is 29.6 Å². The molecule has 0 aliphatic heterocycles. The molecule has 17 heavy (non-hydrogen) atoms. The van der Waals surface area contributed by atoms with E-state index in [-0.39, 0.29) is 0 Å². The molecule has 0 aliphatic carbocycles. The third-order valence-electron chi connectivity index (χ3n) is 2.42. The number of aromatic nitrogens is 6. The molecule has 0 N–H and O–H groups in total. The number of hydrogen-bond donors (Lipinski definition) is 0. The van der Waals surface area contributed by atoms with Crippen LogP contribution in [0.4, 0.5) is 0 Å². The number of rotatable bonds is 2. The van der Waals surface area contributed by atoms with Crippen LogP contribution in [0, 0.1) is 0 Å². The van der Waals surface area contributed by atoms with Crippen LogP contribution in [-0.2, 0) is 7.05 Å². The van der Waals surface area contributed by atoms with E-state index in [2.05, 4.69) is 20.4 Å². The van der Waals surface area contributed by atoms with Gasteiger partial charge in [-0.1, -0.05) is 11.8 Å². The molecule has 0 aromatic carbocycles. The van der Waals surface area contributed by atoms with Gasteiger partial charge < -0.3 is 0 Å². The molecule has 86 valence electrons. The number of hydrogen-bond acceptors (Lipinski definition) is 5. The Morgan fingerprint density at radius 2 is 2.12 bits per heavy atom. The number of fused-ring (bicyclic) bond motifs is 1. The number of thioether (sulfide) groups is 1. The van der Waals surface area contributed by atoms with Crippen molar-refractivity contribution in [2.75, 3.05) is 6.26 Å². The van der Waals surface area contributed by atoms with Gasteiger partial charge in [-0.2, -0.15) is 14.7 Å². The second-order valence-electron chi connectivity index (χ2n) is 3.58. The van der Waals surface area contributed by atoms with Crippen LogP contribution in [0.25, 0.3) is 16.9 Å². The highest BCUT2D eigenvalue weighted by atomic mass is 32.2. The topological polar surface area (TPSA) is 60.9 Å². The van der Waals surface area contributed by atoms with Crippen LogP contribution in [0.2, 0.25) is 0 Å². The van der Waals surface area contributed by atoms with Crippen molar-refractivity contribution in [3.05, 3.63) is 24.5 Å². The molecule has 3 rings (SSSR count). The largest absolute Gasteiger partial charge is 0.275 e. The Kier molecular flexibility index (Phi) is 2.32. The van der Waals surface area contributed by atoms with Gasteiger partial charge in [-0.05, 0) is 18.4 Å². The fraction of sp³-hybridized carbons (Fsp3) is 0.200.